The summed E-state index contributed by atoms with van der Waals surface area (Å²) >= 11 is 0. The fourth-order valence-electron chi connectivity index (χ4n) is 3.46. The third kappa shape index (κ3) is 2.83. The number of fused-ring (bicyclic) bond motifs is 1. The van der Waals surface area contributed by atoms with Gasteiger partial charge in [0.2, 0.25) is 11.8 Å². The molecule has 2 aliphatic rings. The third-order valence-corrected chi connectivity index (χ3v) is 5.18. The number of hydrogen-bond acceptors (Lipinski definition) is 6. The van der Waals surface area contributed by atoms with Gasteiger partial charge < -0.3 is 9.32 Å². The van der Waals surface area contributed by atoms with Crippen molar-refractivity contribution in [3.05, 3.63) is 47.9 Å². The third-order valence-electron chi connectivity index (χ3n) is 5.18. The number of carbonyl (C=O) groups is 1. The van der Waals surface area contributed by atoms with Gasteiger partial charge in [-0.3, -0.25) is 9.78 Å². The molecule has 132 valence electrons. The largest absolute Gasteiger partial charge is 0.425 e. The van der Waals surface area contributed by atoms with Crippen molar-refractivity contribution in [3.63, 3.8) is 0 Å². The molecule has 0 radical (unpaired) electrons. The molecule has 0 N–H and O–H groups in total. The van der Waals surface area contributed by atoms with Gasteiger partial charge in [0.15, 0.2) is 0 Å². The molecule has 1 aromatic carbocycles. The van der Waals surface area contributed by atoms with E-state index in [-0.39, 0.29) is 11.8 Å². The van der Waals surface area contributed by atoms with Crippen molar-refractivity contribution in [2.45, 2.75) is 37.5 Å². The van der Waals surface area contributed by atoms with E-state index < -0.39 is 0 Å². The standard InChI is InChI=1S/C19H19N5O2/c25-19(16-11-20-14-3-1-2-4-15(14)21-16)24-9-7-13(8-10-24)18-23-22-17(26-18)12-5-6-12/h1-4,11-13H,5-10H2. The second-order valence-corrected chi connectivity index (χ2v) is 7.06. The normalized spacial score (nSPS) is 18.4. The van der Waals surface area contributed by atoms with E-state index >= 15 is 0 Å². The molecule has 1 saturated heterocycles. The second-order valence-electron chi connectivity index (χ2n) is 7.06. The predicted molar refractivity (Wildman–Crippen MR) is 93.7 cm³/mol. The molecule has 2 aromatic heterocycles. The molecule has 0 unspecified atom stereocenters. The molecule has 1 aliphatic carbocycles. The highest BCUT2D eigenvalue weighted by Gasteiger charge is 2.32. The SMILES string of the molecule is O=C(c1cnc2ccccc2n1)N1CCC(c2nnc(C3CC3)o2)CC1. The van der Waals surface area contributed by atoms with Crippen LogP contribution in [0.1, 0.15) is 59.8 Å². The molecule has 5 rings (SSSR count). The molecule has 0 atom stereocenters. The fourth-order valence-corrected chi connectivity index (χ4v) is 3.46. The summed E-state index contributed by atoms with van der Waals surface area (Å²) in [5, 5.41) is 8.39. The molecule has 0 spiro atoms. The maximum Gasteiger partial charge on any atom is 0.274 e. The van der Waals surface area contributed by atoms with E-state index in [2.05, 4.69) is 20.2 Å². The van der Waals surface area contributed by atoms with Gasteiger partial charge in [-0.2, -0.15) is 0 Å². The zero-order valence-electron chi connectivity index (χ0n) is 14.3. The lowest BCUT2D eigenvalue weighted by atomic mass is 9.96. The Labute approximate surface area is 150 Å². The van der Waals surface area contributed by atoms with Gasteiger partial charge in [-0.05, 0) is 37.8 Å². The molecule has 0 bridgehead atoms. The van der Waals surface area contributed by atoms with E-state index in [1.165, 1.54) is 0 Å². The van der Waals surface area contributed by atoms with Crippen molar-refractivity contribution >= 4 is 16.9 Å². The van der Waals surface area contributed by atoms with Crippen LogP contribution in [0.15, 0.2) is 34.9 Å². The first-order chi connectivity index (χ1) is 12.8. The van der Waals surface area contributed by atoms with Crippen molar-refractivity contribution in [1.82, 2.24) is 25.1 Å². The summed E-state index contributed by atoms with van der Waals surface area (Å²) in [5.41, 5.74) is 1.94. The van der Waals surface area contributed by atoms with Crippen molar-refractivity contribution in [1.29, 1.82) is 0 Å². The Morgan fingerprint density at radius 3 is 2.31 bits per heavy atom. The predicted octanol–water partition coefficient (Wildman–Crippen LogP) is 2.91. The molecule has 7 nitrogen and oxygen atoms in total. The Kier molecular flexibility index (Phi) is 3.65. The van der Waals surface area contributed by atoms with Crippen LogP contribution in [0.5, 0.6) is 0 Å². The Hall–Kier alpha value is -2.83. The molecular formula is C19H19N5O2. The van der Waals surface area contributed by atoms with Crippen LogP contribution < -0.4 is 0 Å². The van der Waals surface area contributed by atoms with Gasteiger partial charge in [-0.15, -0.1) is 10.2 Å². The minimum absolute atomic E-state index is 0.0640. The van der Waals surface area contributed by atoms with Gasteiger partial charge in [-0.1, -0.05) is 12.1 Å². The zero-order chi connectivity index (χ0) is 17.5. The van der Waals surface area contributed by atoms with Crippen LogP contribution in [0.25, 0.3) is 11.0 Å². The van der Waals surface area contributed by atoms with Crippen LogP contribution in [0.2, 0.25) is 0 Å². The highest BCUT2D eigenvalue weighted by atomic mass is 16.4. The van der Waals surface area contributed by atoms with Gasteiger partial charge in [-0.25, -0.2) is 4.98 Å². The number of nitrogens with zero attached hydrogens (tertiary/aromatic N) is 5. The first-order valence-corrected chi connectivity index (χ1v) is 9.12. The zero-order valence-corrected chi connectivity index (χ0v) is 14.3. The molecular weight excluding hydrogens is 330 g/mol. The number of likely N-dealkylation sites (tertiary alicyclic amines) is 1. The number of piperidine rings is 1. The van der Waals surface area contributed by atoms with Crippen molar-refractivity contribution < 1.29 is 9.21 Å². The maximum atomic E-state index is 12.8. The van der Waals surface area contributed by atoms with Crippen LogP contribution in [-0.2, 0) is 0 Å². The number of rotatable bonds is 3. The van der Waals surface area contributed by atoms with E-state index in [1.807, 2.05) is 29.2 Å². The van der Waals surface area contributed by atoms with Gasteiger partial charge in [0, 0.05) is 24.9 Å². The van der Waals surface area contributed by atoms with E-state index in [0.29, 0.717) is 24.7 Å². The van der Waals surface area contributed by atoms with Gasteiger partial charge in [0.05, 0.1) is 17.2 Å². The minimum Gasteiger partial charge on any atom is -0.425 e. The number of aromatic nitrogens is 4. The highest BCUT2D eigenvalue weighted by molar-refractivity contribution is 5.93. The summed E-state index contributed by atoms with van der Waals surface area (Å²) in [6, 6.07) is 7.58. The Balaban J connectivity index is 1.27. The summed E-state index contributed by atoms with van der Waals surface area (Å²) in [7, 11) is 0. The summed E-state index contributed by atoms with van der Waals surface area (Å²) < 4.78 is 5.83. The maximum absolute atomic E-state index is 12.8. The van der Waals surface area contributed by atoms with Gasteiger partial charge in [0.1, 0.15) is 5.69 Å². The Bertz CT molecular complexity index is 957. The Morgan fingerprint density at radius 2 is 1.62 bits per heavy atom. The number of amides is 1. The summed E-state index contributed by atoms with van der Waals surface area (Å²) in [5.74, 6) is 2.16. The monoisotopic (exact) mass is 349 g/mol. The average Bonchev–Trinajstić information content (AvgIpc) is 3.44. The fraction of sp³-hybridized carbons (Fsp3) is 0.421. The highest BCUT2D eigenvalue weighted by Crippen LogP contribution is 2.40. The number of carbonyl (C=O) groups excluding carboxylic acids is 1. The summed E-state index contributed by atoms with van der Waals surface area (Å²) in [6.07, 6.45) is 5.54. The van der Waals surface area contributed by atoms with Crippen molar-refractivity contribution in [2.24, 2.45) is 0 Å². The van der Waals surface area contributed by atoms with E-state index in [0.717, 1.165) is 48.5 Å². The van der Waals surface area contributed by atoms with Crippen LogP contribution in [0.4, 0.5) is 0 Å². The summed E-state index contributed by atoms with van der Waals surface area (Å²) in [4.78, 5) is 23.4. The van der Waals surface area contributed by atoms with Crippen LogP contribution in [0.3, 0.4) is 0 Å². The molecule has 7 heteroatoms. The Morgan fingerprint density at radius 1 is 0.962 bits per heavy atom. The molecule has 1 amide bonds. The van der Waals surface area contributed by atoms with Crippen LogP contribution in [-0.4, -0.2) is 44.1 Å². The lowest BCUT2D eigenvalue weighted by Crippen LogP contribution is -2.38. The lowest BCUT2D eigenvalue weighted by Gasteiger charge is -2.30. The number of hydrogen-bond donors (Lipinski definition) is 0. The topological polar surface area (TPSA) is 85.0 Å². The van der Waals surface area contributed by atoms with E-state index in [1.54, 1.807) is 6.20 Å². The quantitative estimate of drug-likeness (QED) is 0.723. The van der Waals surface area contributed by atoms with Crippen LogP contribution >= 0.6 is 0 Å². The molecule has 1 saturated carbocycles. The van der Waals surface area contributed by atoms with Crippen molar-refractivity contribution in [3.8, 4) is 0 Å². The molecule has 26 heavy (non-hydrogen) atoms. The second kappa shape index (κ2) is 6.16. The van der Waals surface area contributed by atoms with Crippen LogP contribution in [0, 0.1) is 0 Å². The van der Waals surface area contributed by atoms with Gasteiger partial charge in [0.25, 0.3) is 5.91 Å². The van der Waals surface area contributed by atoms with Gasteiger partial charge >= 0.3 is 0 Å². The average molecular weight is 349 g/mol. The van der Waals surface area contributed by atoms with E-state index in [9.17, 15) is 4.79 Å². The first-order valence-electron chi connectivity index (χ1n) is 9.12. The van der Waals surface area contributed by atoms with Crippen molar-refractivity contribution in [2.75, 3.05) is 13.1 Å². The first kappa shape index (κ1) is 15.4. The lowest BCUT2D eigenvalue weighted by molar-refractivity contribution is 0.0700. The number of benzene rings is 1. The summed E-state index contributed by atoms with van der Waals surface area (Å²) in [6.45, 7) is 1.33. The number of para-hydroxylation sites is 2. The molecule has 1 aliphatic heterocycles. The molecule has 3 aromatic rings. The smallest absolute Gasteiger partial charge is 0.274 e. The molecule has 3 heterocycles. The van der Waals surface area contributed by atoms with E-state index in [4.69, 9.17) is 4.42 Å². The molecule has 2 fully saturated rings. The minimum atomic E-state index is -0.0640.